The largest absolute Gasteiger partial charge is 0.360 e. The Hall–Kier alpha value is -2.32. The SMILES string of the molecule is Cc1cc(C)cc(N/C=C(\C#N)c2nc(-c3ccc(Cl)cc3Cl)cs2)c1. The van der Waals surface area contributed by atoms with Crippen LogP contribution in [0.3, 0.4) is 0 Å². The minimum absolute atomic E-state index is 0.463. The summed E-state index contributed by atoms with van der Waals surface area (Å²) in [5.74, 6) is 0. The number of aryl methyl sites for hydroxylation is 2. The summed E-state index contributed by atoms with van der Waals surface area (Å²) in [6.45, 7) is 4.08. The Morgan fingerprint density at radius 3 is 2.54 bits per heavy atom. The van der Waals surface area contributed by atoms with Crippen LogP contribution in [0.4, 0.5) is 5.69 Å². The van der Waals surface area contributed by atoms with Crippen molar-refractivity contribution in [2.24, 2.45) is 0 Å². The number of aromatic nitrogens is 1. The number of halogens is 2. The Morgan fingerprint density at radius 1 is 1.15 bits per heavy atom. The molecule has 0 amide bonds. The van der Waals surface area contributed by atoms with Crippen LogP contribution >= 0.6 is 34.5 Å². The topological polar surface area (TPSA) is 48.7 Å². The molecule has 130 valence electrons. The number of benzene rings is 2. The normalized spacial score (nSPS) is 11.3. The molecule has 0 bridgehead atoms. The minimum Gasteiger partial charge on any atom is -0.360 e. The predicted molar refractivity (Wildman–Crippen MR) is 111 cm³/mol. The number of hydrogen-bond acceptors (Lipinski definition) is 4. The molecule has 3 rings (SSSR count). The quantitative estimate of drug-likeness (QED) is 0.495. The molecular weight excluding hydrogens is 385 g/mol. The van der Waals surface area contributed by atoms with Crippen molar-refractivity contribution in [3.8, 4) is 17.3 Å². The van der Waals surface area contributed by atoms with Crippen LogP contribution < -0.4 is 5.32 Å². The lowest BCUT2D eigenvalue weighted by atomic mass is 10.1. The fourth-order valence-corrected chi connectivity index (χ4v) is 3.86. The second-order valence-corrected chi connectivity index (χ2v) is 7.55. The number of thiazole rings is 1. The summed E-state index contributed by atoms with van der Waals surface area (Å²) in [4.78, 5) is 4.55. The van der Waals surface area contributed by atoms with Gasteiger partial charge in [0.1, 0.15) is 16.6 Å². The molecule has 1 N–H and O–H groups in total. The zero-order chi connectivity index (χ0) is 18.7. The van der Waals surface area contributed by atoms with Crippen molar-refractivity contribution in [1.82, 2.24) is 4.98 Å². The number of anilines is 1. The average molecular weight is 400 g/mol. The van der Waals surface area contributed by atoms with Gasteiger partial charge >= 0.3 is 0 Å². The first kappa shape index (κ1) is 18.5. The van der Waals surface area contributed by atoms with Crippen LogP contribution in [0.25, 0.3) is 16.8 Å². The standard InChI is InChI=1S/C20H15Cl2N3S/c1-12-5-13(2)7-16(6-12)24-10-14(9-23)20-25-19(11-26-20)17-4-3-15(21)8-18(17)22/h3-8,10-11,24H,1-2H3/b14-10+. The van der Waals surface area contributed by atoms with E-state index < -0.39 is 0 Å². The van der Waals surface area contributed by atoms with Gasteiger partial charge in [-0.2, -0.15) is 5.26 Å². The van der Waals surface area contributed by atoms with Crippen LogP contribution in [0.15, 0.2) is 48.0 Å². The fraction of sp³-hybridized carbons (Fsp3) is 0.100. The summed E-state index contributed by atoms with van der Waals surface area (Å²) in [7, 11) is 0. The van der Waals surface area contributed by atoms with E-state index in [0.29, 0.717) is 20.6 Å². The summed E-state index contributed by atoms with van der Waals surface area (Å²) < 4.78 is 0. The Morgan fingerprint density at radius 2 is 1.88 bits per heavy atom. The van der Waals surface area contributed by atoms with Crippen molar-refractivity contribution in [3.63, 3.8) is 0 Å². The van der Waals surface area contributed by atoms with Gasteiger partial charge in [0, 0.05) is 27.9 Å². The van der Waals surface area contributed by atoms with E-state index in [1.807, 2.05) is 37.4 Å². The summed E-state index contributed by atoms with van der Waals surface area (Å²) in [6.07, 6.45) is 1.68. The van der Waals surface area contributed by atoms with Crippen LogP contribution in [-0.4, -0.2) is 4.98 Å². The van der Waals surface area contributed by atoms with Crippen molar-refractivity contribution in [2.75, 3.05) is 5.32 Å². The first-order valence-corrected chi connectivity index (χ1v) is 9.46. The van der Waals surface area contributed by atoms with Crippen molar-refractivity contribution in [2.45, 2.75) is 13.8 Å². The molecule has 1 aromatic heterocycles. The highest BCUT2D eigenvalue weighted by Gasteiger charge is 2.11. The highest BCUT2D eigenvalue weighted by Crippen LogP contribution is 2.32. The second-order valence-electron chi connectivity index (χ2n) is 5.85. The van der Waals surface area contributed by atoms with Crippen LogP contribution in [0, 0.1) is 25.2 Å². The first-order chi connectivity index (χ1) is 12.5. The van der Waals surface area contributed by atoms with Gasteiger partial charge in [-0.05, 0) is 55.3 Å². The predicted octanol–water partition coefficient (Wildman–Crippen LogP) is 6.71. The van der Waals surface area contributed by atoms with Crippen molar-refractivity contribution in [1.29, 1.82) is 5.26 Å². The Bertz CT molecular complexity index is 1010. The van der Waals surface area contributed by atoms with E-state index in [-0.39, 0.29) is 0 Å². The molecule has 2 aromatic carbocycles. The third-order valence-corrected chi connectivity index (χ3v) is 5.09. The molecule has 0 spiro atoms. The number of hydrogen-bond donors (Lipinski definition) is 1. The summed E-state index contributed by atoms with van der Waals surface area (Å²) in [6, 6.07) is 13.6. The highest BCUT2D eigenvalue weighted by molar-refractivity contribution is 7.11. The number of nitriles is 1. The number of nitrogens with one attached hydrogen (secondary N) is 1. The van der Waals surface area contributed by atoms with Gasteiger partial charge in [-0.1, -0.05) is 29.3 Å². The molecule has 0 radical (unpaired) electrons. The monoisotopic (exact) mass is 399 g/mol. The molecule has 6 heteroatoms. The van der Waals surface area contributed by atoms with Gasteiger partial charge in [-0.25, -0.2) is 4.98 Å². The first-order valence-electron chi connectivity index (χ1n) is 7.82. The van der Waals surface area contributed by atoms with Crippen molar-refractivity contribution < 1.29 is 0 Å². The van der Waals surface area contributed by atoms with Gasteiger partial charge < -0.3 is 5.32 Å². The van der Waals surface area contributed by atoms with Gasteiger partial charge in [-0.15, -0.1) is 11.3 Å². The van der Waals surface area contributed by atoms with E-state index in [2.05, 4.69) is 22.4 Å². The lowest BCUT2D eigenvalue weighted by Gasteiger charge is -2.05. The average Bonchev–Trinajstić information content (AvgIpc) is 3.04. The molecule has 0 unspecified atom stereocenters. The zero-order valence-electron chi connectivity index (χ0n) is 14.2. The molecule has 0 aliphatic carbocycles. The van der Waals surface area contributed by atoms with Gasteiger partial charge in [0.2, 0.25) is 0 Å². The van der Waals surface area contributed by atoms with E-state index in [4.69, 9.17) is 23.2 Å². The molecule has 0 saturated heterocycles. The molecule has 0 fully saturated rings. The maximum Gasteiger partial charge on any atom is 0.136 e. The number of rotatable bonds is 4. The lowest BCUT2D eigenvalue weighted by molar-refractivity contribution is 1.36. The molecule has 1 heterocycles. The van der Waals surface area contributed by atoms with E-state index in [0.717, 1.165) is 28.1 Å². The van der Waals surface area contributed by atoms with Crippen LogP contribution in [-0.2, 0) is 0 Å². The van der Waals surface area contributed by atoms with Gasteiger partial charge in [0.25, 0.3) is 0 Å². The molecule has 26 heavy (non-hydrogen) atoms. The maximum absolute atomic E-state index is 9.50. The summed E-state index contributed by atoms with van der Waals surface area (Å²) in [5.41, 5.74) is 5.23. The molecule has 0 saturated carbocycles. The summed E-state index contributed by atoms with van der Waals surface area (Å²) >= 11 is 13.6. The summed E-state index contributed by atoms with van der Waals surface area (Å²) in [5, 5.41) is 16.3. The van der Waals surface area contributed by atoms with Gasteiger partial charge in [-0.3, -0.25) is 0 Å². The fourth-order valence-electron chi connectivity index (χ4n) is 2.57. The molecule has 0 aliphatic rings. The minimum atomic E-state index is 0.463. The van der Waals surface area contributed by atoms with E-state index in [9.17, 15) is 5.26 Å². The zero-order valence-corrected chi connectivity index (χ0v) is 16.5. The highest BCUT2D eigenvalue weighted by atomic mass is 35.5. The molecule has 0 aliphatic heterocycles. The molecule has 3 nitrogen and oxygen atoms in total. The van der Waals surface area contributed by atoms with Crippen LogP contribution in [0.1, 0.15) is 16.1 Å². The Labute approximate surface area is 166 Å². The molecular formula is C20H15Cl2N3S. The van der Waals surface area contributed by atoms with E-state index in [1.54, 1.807) is 18.3 Å². The van der Waals surface area contributed by atoms with E-state index >= 15 is 0 Å². The maximum atomic E-state index is 9.50. The third kappa shape index (κ3) is 4.25. The smallest absolute Gasteiger partial charge is 0.136 e. The van der Waals surface area contributed by atoms with E-state index in [1.165, 1.54) is 11.3 Å². The van der Waals surface area contributed by atoms with Crippen molar-refractivity contribution in [3.05, 3.63) is 74.2 Å². The Kier molecular flexibility index (Phi) is 5.63. The van der Waals surface area contributed by atoms with Gasteiger partial charge in [0.15, 0.2) is 0 Å². The van der Waals surface area contributed by atoms with Crippen LogP contribution in [0.2, 0.25) is 10.0 Å². The number of nitrogens with zero attached hydrogens (tertiary/aromatic N) is 2. The van der Waals surface area contributed by atoms with Crippen LogP contribution in [0.5, 0.6) is 0 Å². The third-order valence-electron chi connectivity index (χ3n) is 3.67. The molecule has 0 atom stereocenters. The Balaban J connectivity index is 1.87. The lowest BCUT2D eigenvalue weighted by Crippen LogP contribution is -1.92. The van der Waals surface area contributed by atoms with Crippen molar-refractivity contribution >= 4 is 45.8 Å². The van der Waals surface area contributed by atoms with Gasteiger partial charge in [0.05, 0.1) is 10.7 Å². The molecule has 3 aromatic rings. The number of allylic oxidation sites excluding steroid dienone is 1. The second kappa shape index (κ2) is 7.92.